The lowest BCUT2D eigenvalue weighted by Crippen LogP contribution is -2.12. The highest BCUT2D eigenvalue weighted by Crippen LogP contribution is 2.42. The van der Waals surface area contributed by atoms with E-state index in [9.17, 15) is 26.3 Å². The summed E-state index contributed by atoms with van der Waals surface area (Å²) < 4.78 is 78.7. The van der Waals surface area contributed by atoms with Gasteiger partial charge in [-0.3, -0.25) is 0 Å². The van der Waals surface area contributed by atoms with Gasteiger partial charge >= 0.3 is 12.4 Å². The van der Waals surface area contributed by atoms with Gasteiger partial charge in [0.05, 0.1) is 16.5 Å². The Morgan fingerprint density at radius 1 is 1.00 bits per heavy atom. The summed E-state index contributed by atoms with van der Waals surface area (Å²) in [6.07, 6.45) is -5.96. The number of hydrogen-bond donors (Lipinski definition) is 1. The molecule has 1 atom stereocenters. The van der Waals surface area contributed by atoms with Crippen molar-refractivity contribution >= 4 is 33.1 Å². The van der Waals surface area contributed by atoms with E-state index in [1.165, 1.54) is 17.7 Å². The minimum atomic E-state index is -4.91. The largest absolute Gasteiger partial charge is 0.416 e. The van der Waals surface area contributed by atoms with Crippen LogP contribution in [0.3, 0.4) is 0 Å². The third-order valence-corrected chi connectivity index (χ3v) is 6.10. The van der Waals surface area contributed by atoms with Gasteiger partial charge in [-0.05, 0) is 48.9 Å². The molecule has 2 heterocycles. The Morgan fingerprint density at radius 3 is 2.28 bits per heavy atom. The van der Waals surface area contributed by atoms with E-state index in [-0.39, 0.29) is 17.6 Å². The first-order valence-corrected chi connectivity index (χ1v) is 9.66. The molecule has 0 saturated heterocycles. The highest BCUT2D eigenvalue weighted by Gasteiger charge is 2.37. The molecule has 0 saturated carbocycles. The van der Waals surface area contributed by atoms with E-state index in [2.05, 4.69) is 22.2 Å². The number of alkyl halides is 6. The second-order valence-corrected chi connectivity index (χ2v) is 8.26. The van der Waals surface area contributed by atoms with Crippen LogP contribution in [0.25, 0.3) is 10.2 Å². The van der Waals surface area contributed by atoms with Crippen LogP contribution in [0.2, 0.25) is 0 Å². The van der Waals surface area contributed by atoms with Crippen LogP contribution in [0.15, 0.2) is 24.5 Å². The van der Waals surface area contributed by atoms with Crippen LogP contribution in [-0.2, 0) is 25.2 Å². The predicted octanol–water partition coefficient (Wildman–Crippen LogP) is 6.60. The lowest BCUT2D eigenvalue weighted by atomic mass is 9.89. The fourth-order valence-corrected chi connectivity index (χ4v) is 4.88. The Labute approximate surface area is 165 Å². The van der Waals surface area contributed by atoms with Crippen molar-refractivity contribution in [2.75, 3.05) is 5.32 Å². The molecule has 0 bridgehead atoms. The van der Waals surface area contributed by atoms with E-state index in [1.807, 2.05) is 0 Å². The molecular weight excluding hydrogens is 416 g/mol. The minimum Gasteiger partial charge on any atom is -0.340 e. The van der Waals surface area contributed by atoms with E-state index in [0.717, 1.165) is 29.7 Å². The number of aromatic nitrogens is 2. The Hall–Kier alpha value is -2.36. The zero-order valence-electron chi connectivity index (χ0n) is 15.1. The number of nitrogens with zero attached hydrogens (tertiary/aromatic N) is 2. The van der Waals surface area contributed by atoms with Crippen LogP contribution in [0.5, 0.6) is 0 Å². The number of hydrogen-bond acceptors (Lipinski definition) is 4. The maximum absolute atomic E-state index is 13.1. The zero-order valence-corrected chi connectivity index (χ0v) is 15.9. The molecule has 1 aliphatic carbocycles. The minimum absolute atomic E-state index is 0.106. The third kappa shape index (κ3) is 3.90. The summed E-state index contributed by atoms with van der Waals surface area (Å²) in [5, 5.41) is 3.35. The number of rotatable bonds is 2. The van der Waals surface area contributed by atoms with Crippen molar-refractivity contribution in [2.45, 2.75) is 38.5 Å². The van der Waals surface area contributed by atoms with E-state index >= 15 is 0 Å². The van der Waals surface area contributed by atoms with E-state index in [4.69, 9.17) is 0 Å². The van der Waals surface area contributed by atoms with Crippen LogP contribution < -0.4 is 5.32 Å². The molecule has 3 nitrogen and oxygen atoms in total. The molecule has 0 aliphatic heterocycles. The van der Waals surface area contributed by atoms with Gasteiger partial charge in [-0.15, -0.1) is 11.3 Å². The quantitative estimate of drug-likeness (QED) is 0.465. The molecule has 29 heavy (non-hydrogen) atoms. The van der Waals surface area contributed by atoms with Gasteiger partial charge < -0.3 is 5.32 Å². The lowest BCUT2D eigenvalue weighted by molar-refractivity contribution is -0.143. The average molecular weight is 431 g/mol. The van der Waals surface area contributed by atoms with Gasteiger partial charge in [-0.25, -0.2) is 9.97 Å². The molecule has 1 aliphatic rings. The number of nitrogens with one attached hydrogen (secondary N) is 1. The topological polar surface area (TPSA) is 37.8 Å². The van der Waals surface area contributed by atoms with E-state index < -0.39 is 23.5 Å². The second-order valence-electron chi connectivity index (χ2n) is 7.17. The van der Waals surface area contributed by atoms with Crippen LogP contribution in [-0.4, -0.2) is 9.97 Å². The van der Waals surface area contributed by atoms with Crippen LogP contribution in [0.1, 0.15) is 34.9 Å². The smallest absolute Gasteiger partial charge is 0.340 e. The van der Waals surface area contributed by atoms with Gasteiger partial charge in [0.1, 0.15) is 17.0 Å². The van der Waals surface area contributed by atoms with Gasteiger partial charge in [-0.2, -0.15) is 26.3 Å². The summed E-state index contributed by atoms with van der Waals surface area (Å²) >= 11 is 1.49. The van der Waals surface area contributed by atoms with Crippen LogP contribution in [0.4, 0.5) is 37.8 Å². The second kappa shape index (κ2) is 6.86. The van der Waals surface area contributed by atoms with E-state index in [1.54, 1.807) is 0 Å². The Kier molecular flexibility index (Phi) is 4.71. The van der Waals surface area contributed by atoms with Crippen molar-refractivity contribution in [2.24, 2.45) is 5.92 Å². The summed E-state index contributed by atoms with van der Waals surface area (Å²) in [4.78, 5) is 10.2. The molecule has 4 rings (SSSR count). The third-order valence-electron chi connectivity index (χ3n) is 4.94. The van der Waals surface area contributed by atoms with Crippen molar-refractivity contribution in [1.82, 2.24) is 9.97 Å². The summed E-state index contributed by atoms with van der Waals surface area (Å²) in [5.74, 6) is 0.729. The van der Waals surface area contributed by atoms with Gasteiger partial charge in [-0.1, -0.05) is 6.92 Å². The number of fused-ring (bicyclic) bond motifs is 3. The summed E-state index contributed by atoms with van der Waals surface area (Å²) in [5.41, 5.74) is -2.05. The fraction of sp³-hybridized carbons (Fsp3) is 0.368. The van der Waals surface area contributed by atoms with Gasteiger partial charge in [0, 0.05) is 10.6 Å². The lowest BCUT2D eigenvalue weighted by Gasteiger charge is -2.18. The molecule has 1 unspecified atom stereocenters. The summed E-state index contributed by atoms with van der Waals surface area (Å²) in [6, 6.07) is 1.42. The highest BCUT2D eigenvalue weighted by atomic mass is 32.1. The molecule has 154 valence electrons. The Balaban J connectivity index is 1.81. The van der Waals surface area contributed by atoms with Gasteiger partial charge in [0.2, 0.25) is 0 Å². The monoisotopic (exact) mass is 431 g/mol. The van der Waals surface area contributed by atoms with Crippen LogP contribution in [0, 0.1) is 5.92 Å². The molecule has 10 heteroatoms. The van der Waals surface area contributed by atoms with Gasteiger partial charge in [0.15, 0.2) is 0 Å². The summed E-state index contributed by atoms with van der Waals surface area (Å²) in [6.45, 7) is 2.14. The van der Waals surface area contributed by atoms with Crippen molar-refractivity contribution in [3.8, 4) is 0 Å². The standard InChI is InChI=1S/C19H15F6N3S/c1-9-2-3-13-14(4-9)29-17-15(13)16(26-8-27-17)28-12-6-10(18(20,21)22)5-11(7-12)19(23,24)25/h5-9H,2-4H2,1H3,(H,26,27,28). The number of thiophene rings is 1. The first-order chi connectivity index (χ1) is 13.5. The number of benzene rings is 1. The first kappa shape index (κ1) is 19.9. The van der Waals surface area contributed by atoms with Crippen LogP contribution >= 0.6 is 11.3 Å². The zero-order chi connectivity index (χ0) is 21.0. The Morgan fingerprint density at radius 2 is 1.66 bits per heavy atom. The maximum Gasteiger partial charge on any atom is 0.416 e. The van der Waals surface area contributed by atoms with Crippen molar-refractivity contribution in [1.29, 1.82) is 0 Å². The highest BCUT2D eigenvalue weighted by molar-refractivity contribution is 7.19. The molecule has 1 aromatic carbocycles. The fourth-order valence-electron chi connectivity index (χ4n) is 3.53. The SMILES string of the molecule is CC1CCc2c(sc3ncnc(Nc4cc(C(F)(F)F)cc(C(F)(F)F)c4)c23)C1. The number of aryl methyl sites for hydroxylation is 1. The molecule has 0 spiro atoms. The molecule has 3 aromatic rings. The predicted molar refractivity (Wildman–Crippen MR) is 98.3 cm³/mol. The number of halogens is 6. The maximum atomic E-state index is 13.1. The molecule has 0 amide bonds. The molecule has 1 N–H and O–H groups in total. The summed E-state index contributed by atoms with van der Waals surface area (Å²) in [7, 11) is 0. The normalized spacial score (nSPS) is 17.4. The molecule has 2 aromatic heterocycles. The van der Waals surface area contributed by atoms with Crippen molar-refractivity contribution in [3.63, 3.8) is 0 Å². The Bertz CT molecular complexity index is 1040. The average Bonchev–Trinajstić information content (AvgIpc) is 2.98. The van der Waals surface area contributed by atoms with Crippen molar-refractivity contribution < 1.29 is 26.3 Å². The number of anilines is 2. The van der Waals surface area contributed by atoms with Crippen molar-refractivity contribution in [3.05, 3.63) is 46.1 Å². The van der Waals surface area contributed by atoms with Gasteiger partial charge in [0.25, 0.3) is 0 Å². The first-order valence-electron chi connectivity index (χ1n) is 8.84. The molecular formula is C19H15F6N3S. The van der Waals surface area contributed by atoms with E-state index in [0.29, 0.717) is 28.3 Å². The molecule has 0 fully saturated rings. The molecule has 0 radical (unpaired) electrons.